The molecule has 4 N–H and O–H groups in total. The van der Waals surface area contributed by atoms with Crippen LogP contribution in [0.5, 0.6) is 5.75 Å². The average molecular weight is 1030 g/mol. The van der Waals surface area contributed by atoms with Gasteiger partial charge in [0.05, 0.1) is 48.6 Å². The highest BCUT2D eigenvalue weighted by atomic mass is 16.5. The fourth-order valence-corrected chi connectivity index (χ4v) is 12.4. The number of hydrogen-bond donors (Lipinski definition) is 4. The minimum Gasteiger partial charge on any atom is -0.493 e. The summed E-state index contributed by atoms with van der Waals surface area (Å²) in [6.07, 6.45) is 19.6. The van der Waals surface area contributed by atoms with Crippen molar-refractivity contribution < 1.29 is 28.7 Å². The lowest BCUT2D eigenvalue weighted by Gasteiger charge is -2.29. The molecule has 4 bridgehead atoms. The second-order valence-corrected chi connectivity index (χ2v) is 21.7. The van der Waals surface area contributed by atoms with E-state index in [0.29, 0.717) is 38.5 Å². The lowest BCUT2D eigenvalue weighted by atomic mass is 10.00. The van der Waals surface area contributed by atoms with E-state index in [1.54, 1.807) is 0 Å². The Morgan fingerprint density at radius 2 is 1.08 bits per heavy atom. The van der Waals surface area contributed by atoms with Crippen molar-refractivity contribution in [2.24, 2.45) is 11.8 Å². The summed E-state index contributed by atoms with van der Waals surface area (Å²) in [5.41, 5.74) is 7.08. The SMILES string of the molecule is O=C(N[C@@H](C(=O)N1CCC[C@H]1c1ncc(-c2ccc(-c3ccc4c(c3)OCCCCCCCCO[C@H]3C[C@@H](c5ncc-4[nH]5)N(C(=O)[C@H](NC(=O)C4CCCC4)c4ccccc4)C3)cc2)[nH]1)c1ccccc1)C1CCCC1. The summed E-state index contributed by atoms with van der Waals surface area (Å²) in [6, 6.07) is 31.7. The van der Waals surface area contributed by atoms with Crippen LogP contribution in [-0.4, -0.2) is 85.8 Å². The first kappa shape index (κ1) is 51.1. The van der Waals surface area contributed by atoms with Gasteiger partial charge in [-0.05, 0) is 91.3 Å². The third-order valence-corrected chi connectivity index (χ3v) is 16.6. The molecular weight excluding hydrogens is 953 g/mol. The number of imidazole rings is 2. The number of nitrogens with zero attached hydrogens (tertiary/aromatic N) is 4. The van der Waals surface area contributed by atoms with Crippen molar-refractivity contribution in [3.8, 4) is 39.4 Å². The molecule has 0 radical (unpaired) electrons. The first-order valence-corrected chi connectivity index (χ1v) is 28.3. The van der Waals surface area contributed by atoms with E-state index in [0.717, 1.165) is 159 Å². The van der Waals surface area contributed by atoms with E-state index in [9.17, 15) is 19.2 Å². The van der Waals surface area contributed by atoms with Gasteiger partial charge in [0, 0.05) is 43.5 Å². The van der Waals surface area contributed by atoms with Crippen LogP contribution in [0.25, 0.3) is 33.6 Å². The highest BCUT2D eigenvalue weighted by Crippen LogP contribution is 2.40. The molecule has 0 spiro atoms. The molecule has 4 fully saturated rings. The number of aromatic nitrogens is 4. The zero-order valence-electron chi connectivity index (χ0n) is 43.6. The van der Waals surface area contributed by atoms with Gasteiger partial charge in [-0.15, -0.1) is 0 Å². The monoisotopic (exact) mass is 1020 g/mol. The van der Waals surface area contributed by atoms with E-state index in [1.165, 1.54) is 0 Å². The topological polar surface area (TPSA) is 175 Å². The zero-order valence-corrected chi connectivity index (χ0v) is 43.6. The number of fused-ring (bicyclic) bond motifs is 7. The molecule has 6 aromatic rings. The lowest BCUT2D eigenvalue weighted by molar-refractivity contribution is -0.138. The van der Waals surface area contributed by atoms with Gasteiger partial charge < -0.3 is 39.9 Å². The van der Waals surface area contributed by atoms with Crippen LogP contribution in [0.1, 0.15) is 156 Å². The normalized spacial score (nSPS) is 21.5. The molecule has 5 atom stereocenters. The third-order valence-electron chi connectivity index (χ3n) is 16.6. The van der Waals surface area contributed by atoms with E-state index < -0.39 is 12.1 Å². The number of rotatable bonds is 11. The number of H-pyrrole nitrogens is 2. The maximum Gasteiger partial charge on any atom is 0.250 e. The Bertz CT molecular complexity index is 2930. The highest BCUT2D eigenvalue weighted by Gasteiger charge is 2.43. The molecule has 2 saturated heterocycles. The largest absolute Gasteiger partial charge is 0.493 e. The molecule has 396 valence electrons. The van der Waals surface area contributed by atoms with E-state index in [-0.39, 0.29) is 53.7 Å². The second-order valence-electron chi connectivity index (χ2n) is 21.7. The van der Waals surface area contributed by atoms with Crippen molar-refractivity contribution in [1.82, 2.24) is 40.4 Å². The Labute approximate surface area is 446 Å². The van der Waals surface area contributed by atoms with Gasteiger partial charge in [-0.1, -0.05) is 142 Å². The predicted octanol–water partition coefficient (Wildman–Crippen LogP) is 11.3. The summed E-state index contributed by atoms with van der Waals surface area (Å²) in [6.45, 7) is 2.21. The van der Waals surface area contributed by atoms with Crippen LogP contribution in [0.2, 0.25) is 0 Å². The maximum atomic E-state index is 14.9. The fourth-order valence-electron chi connectivity index (χ4n) is 12.4. The second kappa shape index (κ2) is 23.9. The number of likely N-dealkylation sites (tertiary alicyclic amines) is 2. The Morgan fingerprint density at radius 3 is 1.72 bits per heavy atom. The predicted molar refractivity (Wildman–Crippen MR) is 291 cm³/mol. The van der Waals surface area contributed by atoms with Crippen molar-refractivity contribution in [2.75, 3.05) is 26.3 Å². The summed E-state index contributed by atoms with van der Waals surface area (Å²) in [7, 11) is 0. The molecule has 2 saturated carbocycles. The molecule has 5 aliphatic rings. The molecule has 14 heteroatoms. The number of carbonyl (C=O) groups excluding carboxylic acids is 4. The smallest absolute Gasteiger partial charge is 0.250 e. The summed E-state index contributed by atoms with van der Waals surface area (Å²) >= 11 is 0. The Kier molecular flexibility index (Phi) is 16.0. The van der Waals surface area contributed by atoms with Crippen molar-refractivity contribution in [3.63, 3.8) is 0 Å². The van der Waals surface area contributed by atoms with Gasteiger partial charge in [0.15, 0.2) is 0 Å². The number of carbonyl (C=O) groups is 4. The molecule has 5 heterocycles. The highest BCUT2D eigenvalue weighted by molar-refractivity contribution is 5.91. The average Bonchev–Trinajstić information content (AvgIpc) is 4.33. The molecule has 2 aromatic heterocycles. The summed E-state index contributed by atoms with van der Waals surface area (Å²) < 4.78 is 13.2. The number of ether oxygens (including phenoxy) is 2. The molecular formula is C62H72N8O6. The van der Waals surface area contributed by atoms with Gasteiger partial charge in [-0.25, -0.2) is 9.97 Å². The lowest BCUT2D eigenvalue weighted by Crippen LogP contribution is -2.44. The molecule has 3 aliphatic heterocycles. The van der Waals surface area contributed by atoms with Gasteiger partial charge in [0.1, 0.15) is 29.5 Å². The van der Waals surface area contributed by atoms with E-state index >= 15 is 0 Å². The summed E-state index contributed by atoms with van der Waals surface area (Å²) in [5, 5.41) is 6.33. The molecule has 14 nitrogen and oxygen atoms in total. The molecule has 2 aliphatic carbocycles. The molecule has 11 rings (SSSR count). The van der Waals surface area contributed by atoms with E-state index in [4.69, 9.17) is 19.4 Å². The minimum atomic E-state index is -0.827. The molecule has 76 heavy (non-hydrogen) atoms. The van der Waals surface area contributed by atoms with Crippen LogP contribution in [0.15, 0.2) is 116 Å². The number of nitrogens with one attached hydrogen (secondary N) is 4. The number of amides is 4. The number of benzene rings is 4. The van der Waals surface area contributed by atoms with Crippen molar-refractivity contribution in [3.05, 3.63) is 138 Å². The van der Waals surface area contributed by atoms with Crippen molar-refractivity contribution in [1.29, 1.82) is 0 Å². The van der Waals surface area contributed by atoms with E-state index in [1.807, 2.05) is 82.9 Å². The summed E-state index contributed by atoms with van der Waals surface area (Å²) in [4.78, 5) is 77.1. The van der Waals surface area contributed by atoms with E-state index in [2.05, 4.69) is 63.1 Å². The maximum absolute atomic E-state index is 14.9. The number of hydrogen-bond acceptors (Lipinski definition) is 8. The molecule has 4 aromatic carbocycles. The molecule has 4 amide bonds. The van der Waals surface area contributed by atoms with Gasteiger partial charge in [-0.2, -0.15) is 0 Å². The quantitative estimate of drug-likeness (QED) is 0.0992. The van der Waals surface area contributed by atoms with Crippen molar-refractivity contribution in [2.45, 2.75) is 139 Å². The first-order valence-electron chi connectivity index (χ1n) is 28.3. The fraction of sp³-hybridized carbons (Fsp3) is 0.452. The zero-order chi connectivity index (χ0) is 51.8. The Hall–Kier alpha value is -7.06. The number of aromatic amines is 2. The van der Waals surface area contributed by atoms with Crippen LogP contribution < -0.4 is 15.4 Å². The third kappa shape index (κ3) is 11.5. The first-order chi connectivity index (χ1) is 37.3. The standard InChI is InChI=1S/C62H72N8O6/c71-59(45-22-11-12-23-45)67-55(43-18-7-5-8-19-43)61(73)69-33-17-26-52(69)57-63-38-50(65-57)42-29-27-41(28-30-42)47-31-32-49-51-39-64-58(66-51)53-37-48(75-34-15-3-1-2-4-16-35-76-54(49)36-47)40-70(53)62(74)56(44-20-9-6-10-21-44)68-60(72)46-24-13-14-25-46/h5-10,18-21,27-32,36,38-39,45-46,48,52-53,55-56H,1-4,11-17,22-26,33-35,37,40H2,(H,63,65)(H,64,66)(H,67,71)(H,68,72)/t48-,52-,53-,55+,56+/m0/s1. The summed E-state index contributed by atoms with van der Waals surface area (Å²) in [5.74, 6) is 1.67. The van der Waals surface area contributed by atoms with Gasteiger partial charge >= 0.3 is 0 Å². The van der Waals surface area contributed by atoms with Gasteiger partial charge in [0.25, 0.3) is 5.91 Å². The van der Waals surface area contributed by atoms with Crippen molar-refractivity contribution >= 4 is 23.6 Å². The minimum absolute atomic E-state index is 0.0372. The van der Waals surface area contributed by atoms with Crippen LogP contribution in [-0.2, 0) is 23.9 Å². The Morgan fingerprint density at radius 1 is 0.539 bits per heavy atom. The van der Waals surface area contributed by atoms with Crippen LogP contribution in [0, 0.1) is 11.8 Å². The molecule has 0 unspecified atom stereocenters. The Balaban J connectivity index is 0.821. The van der Waals surface area contributed by atoms with Gasteiger partial charge in [-0.3, -0.25) is 19.2 Å². The van der Waals surface area contributed by atoms with Gasteiger partial charge in [0.2, 0.25) is 17.7 Å². The van der Waals surface area contributed by atoms with Crippen LogP contribution in [0.3, 0.4) is 0 Å². The van der Waals surface area contributed by atoms with Crippen LogP contribution in [0.4, 0.5) is 0 Å². The van der Waals surface area contributed by atoms with Crippen LogP contribution >= 0.6 is 0 Å².